The maximum absolute atomic E-state index is 14.4. The summed E-state index contributed by atoms with van der Waals surface area (Å²) in [4.78, 5) is 0. The highest BCUT2D eigenvalue weighted by Gasteiger charge is 2.45. The molecule has 0 bridgehead atoms. The Labute approximate surface area is 154 Å². The summed E-state index contributed by atoms with van der Waals surface area (Å²) in [6, 6.07) is 0.845. The first-order valence-electron chi connectivity index (χ1n) is 9.24. The molecule has 3 rings (SSSR count). The summed E-state index contributed by atoms with van der Waals surface area (Å²) in [5.74, 6) is -6.28. The van der Waals surface area contributed by atoms with Gasteiger partial charge in [0, 0.05) is 24.0 Å². The maximum Gasteiger partial charge on any atom is 0.400 e. The van der Waals surface area contributed by atoms with Gasteiger partial charge in [-0.3, -0.25) is 0 Å². The van der Waals surface area contributed by atoms with Crippen molar-refractivity contribution in [2.75, 3.05) is 13.2 Å². The number of rotatable bonds is 5. The maximum atomic E-state index is 14.4. The third-order valence-electron chi connectivity index (χ3n) is 5.41. The summed E-state index contributed by atoms with van der Waals surface area (Å²) < 4.78 is 84.1. The summed E-state index contributed by atoms with van der Waals surface area (Å²) in [7, 11) is 0. The topological polar surface area (TPSA) is 27.7 Å². The van der Waals surface area contributed by atoms with E-state index in [0.717, 1.165) is 6.42 Å². The van der Waals surface area contributed by atoms with Crippen LogP contribution in [0.3, 0.4) is 0 Å². The van der Waals surface area contributed by atoms with Gasteiger partial charge in [0.2, 0.25) is 0 Å². The predicted molar refractivity (Wildman–Crippen MR) is 86.8 cm³/mol. The van der Waals surface area contributed by atoms with Crippen molar-refractivity contribution in [3.63, 3.8) is 0 Å². The fourth-order valence-electron chi connectivity index (χ4n) is 3.63. The number of halogens is 5. The Bertz CT molecular complexity index is 615. The predicted octanol–water partition coefficient (Wildman–Crippen LogP) is 5.28. The normalized spacial score (nSPS) is 29.6. The number of alkyl halides is 2. The lowest BCUT2D eigenvalue weighted by Gasteiger charge is -2.38. The molecule has 1 aromatic rings. The van der Waals surface area contributed by atoms with Gasteiger partial charge in [-0.1, -0.05) is 6.92 Å². The van der Waals surface area contributed by atoms with Crippen LogP contribution < -0.4 is 4.74 Å². The van der Waals surface area contributed by atoms with Crippen molar-refractivity contribution in [1.82, 2.24) is 0 Å². The molecule has 1 heterocycles. The lowest BCUT2D eigenvalue weighted by atomic mass is 9.80. The molecule has 2 fully saturated rings. The zero-order valence-electron chi connectivity index (χ0n) is 15.0. The fourth-order valence-corrected chi connectivity index (χ4v) is 3.63. The van der Waals surface area contributed by atoms with Crippen molar-refractivity contribution in [3.05, 3.63) is 29.6 Å². The minimum absolute atomic E-state index is 0.0376. The molecule has 0 amide bonds. The van der Waals surface area contributed by atoms with Crippen molar-refractivity contribution >= 4 is 0 Å². The second kappa shape index (κ2) is 8.31. The van der Waals surface area contributed by atoms with E-state index in [1.807, 2.05) is 0 Å². The van der Waals surface area contributed by atoms with Crippen LogP contribution in [0.15, 0.2) is 12.1 Å². The first kappa shape index (κ1) is 20.3. The second-order valence-corrected chi connectivity index (χ2v) is 7.29. The first-order valence-corrected chi connectivity index (χ1v) is 9.24. The van der Waals surface area contributed by atoms with Crippen LogP contribution in [-0.4, -0.2) is 25.6 Å². The standard InChI is InChI=1S/C19H23F5O3/c1-2-11-9-25-18(26-10-11)12-3-5-13(6-4-12)19(23,24)27-14-7-15(20)17(22)16(21)8-14/h7-8,11-13,18H,2-6,9-10H2,1H3. The molecule has 3 nitrogen and oxygen atoms in total. The van der Waals surface area contributed by atoms with Gasteiger partial charge < -0.3 is 14.2 Å². The van der Waals surface area contributed by atoms with Crippen molar-refractivity contribution in [3.8, 4) is 5.75 Å². The summed E-state index contributed by atoms with van der Waals surface area (Å²) >= 11 is 0. The van der Waals surface area contributed by atoms with Crippen LogP contribution in [0.4, 0.5) is 22.0 Å². The zero-order valence-corrected chi connectivity index (χ0v) is 15.0. The third-order valence-corrected chi connectivity index (χ3v) is 5.41. The summed E-state index contributed by atoms with van der Waals surface area (Å²) in [6.45, 7) is 3.29. The van der Waals surface area contributed by atoms with E-state index in [1.165, 1.54) is 0 Å². The first-order chi connectivity index (χ1) is 12.8. The molecule has 27 heavy (non-hydrogen) atoms. The molecular weight excluding hydrogens is 371 g/mol. The number of hydrogen-bond donors (Lipinski definition) is 0. The largest absolute Gasteiger partial charge is 0.432 e. The Morgan fingerprint density at radius 3 is 2.07 bits per heavy atom. The molecule has 2 aliphatic rings. The summed E-state index contributed by atoms with van der Waals surface area (Å²) in [5.41, 5.74) is 0. The van der Waals surface area contributed by atoms with Crippen LogP contribution >= 0.6 is 0 Å². The van der Waals surface area contributed by atoms with E-state index in [2.05, 4.69) is 11.7 Å². The van der Waals surface area contributed by atoms with Gasteiger partial charge in [0.25, 0.3) is 0 Å². The molecule has 0 N–H and O–H groups in total. The second-order valence-electron chi connectivity index (χ2n) is 7.29. The molecular formula is C19H23F5O3. The summed E-state index contributed by atoms with van der Waals surface area (Å²) in [6.07, 6.45) is -1.71. The number of benzene rings is 1. The van der Waals surface area contributed by atoms with Crippen LogP contribution in [0.25, 0.3) is 0 Å². The molecule has 0 unspecified atom stereocenters. The number of ether oxygens (including phenoxy) is 3. The van der Waals surface area contributed by atoms with Gasteiger partial charge in [-0.05, 0) is 32.1 Å². The van der Waals surface area contributed by atoms with E-state index in [0.29, 0.717) is 44.1 Å². The molecule has 0 spiro atoms. The SMILES string of the molecule is CCC1COC(C2CCC(C(F)(F)Oc3cc(F)c(F)c(F)c3)CC2)OC1. The Kier molecular flexibility index (Phi) is 6.25. The average molecular weight is 394 g/mol. The molecule has 1 saturated carbocycles. The van der Waals surface area contributed by atoms with Gasteiger partial charge in [-0.15, -0.1) is 0 Å². The van der Waals surface area contributed by atoms with Gasteiger partial charge in [-0.2, -0.15) is 8.78 Å². The lowest BCUT2D eigenvalue weighted by Crippen LogP contribution is -2.42. The molecule has 1 aromatic carbocycles. The quantitative estimate of drug-likeness (QED) is 0.502. The zero-order chi connectivity index (χ0) is 19.6. The van der Waals surface area contributed by atoms with Crippen molar-refractivity contribution in [2.45, 2.75) is 51.4 Å². The molecule has 8 heteroatoms. The molecule has 152 valence electrons. The average Bonchev–Trinajstić information content (AvgIpc) is 2.66. The molecule has 1 aliphatic carbocycles. The molecule has 1 aliphatic heterocycles. The van der Waals surface area contributed by atoms with E-state index in [1.54, 1.807) is 0 Å². The van der Waals surface area contributed by atoms with Gasteiger partial charge in [-0.25, -0.2) is 13.2 Å². The highest BCUT2D eigenvalue weighted by molar-refractivity contribution is 5.25. The Balaban J connectivity index is 1.55. The summed E-state index contributed by atoms with van der Waals surface area (Å²) in [5, 5.41) is 0. The Morgan fingerprint density at radius 2 is 1.56 bits per heavy atom. The van der Waals surface area contributed by atoms with Crippen LogP contribution in [0.5, 0.6) is 5.75 Å². The lowest BCUT2D eigenvalue weighted by molar-refractivity contribution is -0.247. The van der Waals surface area contributed by atoms with Crippen molar-refractivity contribution < 1.29 is 36.2 Å². The van der Waals surface area contributed by atoms with Crippen LogP contribution in [0.1, 0.15) is 39.0 Å². The van der Waals surface area contributed by atoms with E-state index >= 15 is 0 Å². The molecule has 0 aromatic heterocycles. The highest BCUT2D eigenvalue weighted by atomic mass is 19.3. The molecule has 1 saturated heterocycles. The van der Waals surface area contributed by atoms with Crippen molar-refractivity contribution in [2.24, 2.45) is 17.8 Å². The third kappa shape index (κ3) is 4.71. The van der Waals surface area contributed by atoms with E-state index < -0.39 is 35.2 Å². The number of hydrogen-bond acceptors (Lipinski definition) is 3. The Morgan fingerprint density at radius 1 is 1.00 bits per heavy atom. The monoisotopic (exact) mass is 394 g/mol. The Hall–Kier alpha value is -1.41. The van der Waals surface area contributed by atoms with E-state index in [4.69, 9.17) is 9.47 Å². The minimum atomic E-state index is -3.61. The van der Waals surface area contributed by atoms with Crippen LogP contribution in [0.2, 0.25) is 0 Å². The van der Waals surface area contributed by atoms with E-state index in [-0.39, 0.29) is 25.0 Å². The molecule has 0 atom stereocenters. The minimum Gasteiger partial charge on any atom is -0.432 e. The van der Waals surface area contributed by atoms with E-state index in [9.17, 15) is 22.0 Å². The van der Waals surface area contributed by atoms with Gasteiger partial charge in [0.1, 0.15) is 5.75 Å². The van der Waals surface area contributed by atoms with Gasteiger partial charge in [0.15, 0.2) is 23.7 Å². The highest BCUT2D eigenvalue weighted by Crippen LogP contribution is 2.42. The molecule has 0 radical (unpaired) electrons. The van der Waals surface area contributed by atoms with Crippen LogP contribution in [-0.2, 0) is 9.47 Å². The van der Waals surface area contributed by atoms with Crippen molar-refractivity contribution in [1.29, 1.82) is 0 Å². The van der Waals surface area contributed by atoms with Crippen LogP contribution in [0, 0.1) is 35.2 Å². The fraction of sp³-hybridized carbons (Fsp3) is 0.684. The smallest absolute Gasteiger partial charge is 0.400 e. The van der Waals surface area contributed by atoms with Gasteiger partial charge >= 0.3 is 6.11 Å². The van der Waals surface area contributed by atoms with Gasteiger partial charge in [0.05, 0.1) is 19.1 Å².